The van der Waals surface area contributed by atoms with E-state index in [1.165, 1.54) is 6.26 Å². The molecule has 0 aliphatic heterocycles. The Kier molecular flexibility index (Phi) is 5.82. The van der Waals surface area contributed by atoms with Crippen LogP contribution in [0.2, 0.25) is 5.02 Å². The summed E-state index contributed by atoms with van der Waals surface area (Å²) in [4.78, 5) is 25.2. The molecule has 158 valence electrons. The van der Waals surface area contributed by atoms with E-state index >= 15 is 0 Å². The van der Waals surface area contributed by atoms with E-state index in [0.29, 0.717) is 32.9 Å². The Labute approximate surface area is 183 Å². The van der Waals surface area contributed by atoms with Gasteiger partial charge in [-0.1, -0.05) is 23.7 Å². The first-order chi connectivity index (χ1) is 15.0. The molecule has 2 aromatic carbocycles. The van der Waals surface area contributed by atoms with E-state index in [2.05, 4.69) is 0 Å². The van der Waals surface area contributed by atoms with Crippen LogP contribution in [-0.4, -0.2) is 12.6 Å². The smallest absolute Gasteiger partial charge is 0.338 e. The predicted octanol–water partition coefficient (Wildman–Crippen LogP) is 5.77. The molecule has 6 nitrogen and oxygen atoms in total. The summed E-state index contributed by atoms with van der Waals surface area (Å²) in [6.07, 6.45) is 1.49. The molecule has 0 saturated carbocycles. The molecule has 31 heavy (non-hydrogen) atoms. The van der Waals surface area contributed by atoms with Gasteiger partial charge >= 0.3 is 5.97 Å². The Balaban J connectivity index is 1.75. The molecule has 0 aliphatic carbocycles. The van der Waals surface area contributed by atoms with Crippen LogP contribution in [0.3, 0.4) is 0 Å². The second-order valence-corrected chi connectivity index (χ2v) is 7.28. The second-order valence-electron chi connectivity index (χ2n) is 6.87. The molecule has 0 unspecified atom stereocenters. The Bertz CT molecular complexity index is 1300. The molecule has 4 rings (SSSR count). The Morgan fingerprint density at radius 1 is 1.13 bits per heavy atom. The fourth-order valence-electron chi connectivity index (χ4n) is 3.16. The monoisotopic (exact) mass is 438 g/mol. The molecule has 0 saturated heterocycles. The van der Waals surface area contributed by atoms with Gasteiger partial charge in [0.1, 0.15) is 12.2 Å². The number of hydrogen-bond acceptors (Lipinski definition) is 6. The number of carbonyl (C=O) groups is 1. The van der Waals surface area contributed by atoms with Crippen LogP contribution in [0, 0.1) is 6.92 Å². The van der Waals surface area contributed by atoms with Gasteiger partial charge < -0.3 is 18.3 Å². The van der Waals surface area contributed by atoms with E-state index < -0.39 is 5.97 Å². The lowest BCUT2D eigenvalue weighted by Crippen LogP contribution is -2.11. The van der Waals surface area contributed by atoms with Crippen molar-refractivity contribution in [1.82, 2.24) is 0 Å². The van der Waals surface area contributed by atoms with Crippen molar-refractivity contribution in [2.45, 2.75) is 20.5 Å². The molecule has 2 heterocycles. The van der Waals surface area contributed by atoms with E-state index in [1.807, 2.05) is 6.92 Å². The third kappa shape index (κ3) is 4.20. The molecule has 7 heteroatoms. The summed E-state index contributed by atoms with van der Waals surface area (Å²) in [6.45, 7) is 3.89. The van der Waals surface area contributed by atoms with Gasteiger partial charge in [-0.05, 0) is 61.4 Å². The van der Waals surface area contributed by atoms with Crippen LogP contribution < -0.4 is 10.2 Å². The number of furan rings is 1. The van der Waals surface area contributed by atoms with E-state index in [9.17, 15) is 9.59 Å². The van der Waals surface area contributed by atoms with Gasteiger partial charge in [0.15, 0.2) is 5.76 Å². The lowest BCUT2D eigenvalue weighted by molar-refractivity contribution is 0.0526. The summed E-state index contributed by atoms with van der Waals surface area (Å²) in [6, 6.07) is 13.5. The number of aryl methyl sites for hydroxylation is 1. The first kappa shape index (κ1) is 20.8. The van der Waals surface area contributed by atoms with E-state index in [4.69, 9.17) is 29.9 Å². The maximum Gasteiger partial charge on any atom is 0.338 e. The summed E-state index contributed by atoms with van der Waals surface area (Å²) in [7, 11) is 0. The van der Waals surface area contributed by atoms with Crippen molar-refractivity contribution in [3.8, 4) is 17.3 Å². The van der Waals surface area contributed by atoms with Crippen LogP contribution in [-0.2, 0) is 11.3 Å². The SMILES string of the molecule is CCOC(=O)c1cccc(COc2c(-c3ccco3)oc3cc(C)c(Cl)cc3c2=O)c1. The van der Waals surface area contributed by atoms with Gasteiger partial charge in [0.2, 0.25) is 16.9 Å². The highest BCUT2D eigenvalue weighted by Crippen LogP contribution is 2.33. The Hall–Kier alpha value is -3.51. The predicted molar refractivity (Wildman–Crippen MR) is 117 cm³/mol. The van der Waals surface area contributed by atoms with Gasteiger partial charge in [0.05, 0.1) is 23.8 Å². The van der Waals surface area contributed by atoms with Crippen molar-refractivity contribution in [2.75, 3.05) is 6.61 Å². The van der Waals surface area contributed by atoms with Gasteiger partial charge in [0, 0.05) is 5.02 Å². The van der Waals surface area contributed by atoms with Crippen LogP contribution in [0.4, 0.5) is 0 Å². The average molecular weight is 439 g/mol. The number of hydrogen-bond donors (Lipinski definition) is 0. The maximum absolute atomic E-state index is 13.2. The van der Waals surface area contributed by atoms with E-state index in [-0.39, 0.29) is 30.2 Å². The van der Waals surface area contributed by atoms with Crippen LogP contribution in [0.5, 0.6) is 5.75 Å². The highest BCUT2D eigenvalue weighted by Gasteiger charge is 2.21. The standard InChI is InChI=1S/C24H19ClO6/c1-3-28-24(27)16-7-4-6-15(11-16)13-30-23-21(26)17-12-18(25)14(2)10-20(17)31-22(23)19-8-5-9-29-19/h4-12H,3,13H2,1-2H3. The zero-order chi connectivity index (χ0) is 22.0. The van der Waals surface area contributed by atoms with Crippen molar-refractivity contribution in [3.63, 3.8) is 0 Å². The first-order valence-corrected chi connectivity index (χ1v) is 10.1. The van der Waals surface area contributed by atoms with E-state index in [0.717, 1.165) is 5.56 Å². The van der Waals surface area contributed by atoms with Gasteiger partial charge in [-0.3, -0.25) is 4.79 Å². The highest BCUT2D eigenvalue weighted by atomic mass is 35.5. The van der Waals surface area contributed by atoms with Crippen molar-refractivity contribution in [1.29, 1.82) is 0 Å². The molecule has 0 fully saturated rings. The van der Waals surface area contributed by atoms with Crippen LogP contribution >= 0.6 is 11.6 Å². The highest BCUT2D eigenvalue weighted by molar-refractivity contribution is 6.32. The maximum atomic E-state index is 13.2. The largest absolute Gasteiger partial charge is 0.481 e. The average Bonchev–Trinajstić information content (AvgIpc) is 3.29. The quantitative estimate of drug-likeness (QED) is 0.355. The summed E-state index contributed by atoms with van der Waals surface area (Å²) in [5.41, 5.74) is 1.90. The molecule has 0 atom stereocenters. The van der Waals surface area contributed by atoms with Crippen LogP contribution in [0.25, 0.3) is 22.5 Å². The lowest BCUT2D eigenvalue weighted by Gasteiger charge is -2.12. The molecule has 0 spiro atoms. The minimum absolute atomic E-state index is 0.00362. The molecular formula is C24H19ClO6. The number of benzene rings is 2. The van der Waals surface area contributed by atoms with Crippen molar-refractivity contribution in [3.05, 3.63) is 86.7 Å². The third-order valence-corrected chi connectivity index (χ3v) is 5.10. The molecular weight excluding hydrogens is 420 g/mol. The fraction of sp³-hybridized carbons (Fsp3) is 0.167. The second kappa shape index (κ2) is 8.70. The van der Waals surface area contributed by atoms with Crippen LogP contribution in [0.15, 0.2) is 68.4 Å². The minimum atomic E-state index is -0.421. The number of rotatable bonds is 6. The van der Waals surface area contributed by atoms with Gasteiger partial charge in [-0.15, -0.1) is 0 Å². The zero-order valence-corrected chi connectivity index (χ0v) is 17.7. The van der Waals surface area contributed by atoms with Gasteiger partial charge in [-0.25, -0.2) is 4.79 Å². The Morgan fingerprint density at radius 3 is 2.71 bits per heavy atom. The number of esters is 1. The normalized spacial score (nSPS) is 10.9. The Morgan fingerprint density at radius 2 is 1.97 bits per heavy atom. The van der Waals surface area contributed by atoms with Crippen molar-refractivity contribution in [2.24, 2.45) is 0 Å². The van der Waals surface area contributed by atoms with Crippen molar-refractivity contribution >= 4 is 28.5 Å². The molecule has 2 aromatic heterocycles. The molecule has 0 radical (unpaired) electrons. The molecule has 4 aromatic rings. The van der Waals surface area contributed by atoms with Crippen molar-refractivity contribution < 1.29 is 23.1 Å². The first-order valence-electron chi connectivity index (χ1n) is 9.67. The molecule has 0 amide bonds. The molecule has 0 bridgehead atoms. The number of carbonyl (C=O) groups excluding carboxylic acids is 1. The number of halogens is 1. The summed E-state index contributed by atoms with van der Waals surface area (Å²) < 4.78 is 22.4. The third-order valence-electron chi connectivity index (χ3n) is 4.70. The minimum Gasteiger partial charge on any atom is -0.481 e. The summed E-state index contributed by atoms with van der Waals surface area (Å²) in [5, 5.41) is 0.764. The zero-order valence-electron chi connectivity index (χ0n) is 16.9. The summed E-state index contributed by atoms with van der Waals surface area (Å²) >= 11 is 6.21. The summed E-state index contributed by atoms with van der Waals surface area (Å²) in [5.74, 6) is 0.132. The lowest BCUT2D eigenvalue weighted by atomic mass is 10.1. The fourth-order valence-corrected chi connectivity index (χ4v) is 3.32. The topological polar surface area (TPSA) is 78.9 Å². The van der Waals surface area contributed by atoms with Crippen LogP contribution in [0.1, 0.15) is 28.4 Å². The van der Waals surface area contributed by atoms with E-state index in [1.54, 1.807) is 55.5 Å². The number of ether oxygens (including phenoxy) is 2. The molecule has 0 N–H and O–H groups in total. The molecule has 0 aliphatic rings. The van der Waals surface area contributed by atoms with Gasteiger partial charge in [0.25, 0.3) is 0 Å². The number of fused-ring (bicyclic) bond motifs is 1. The van der Waals surface area contributed by atoms with Gasteiger partial charge in [-0.2, -0.15) is 0 Å².